The van der Waals surface area contributed by atoms with Crippen LogP contribution in [0.5, 0.6) is 0 Å². The Kier molecular flexibility index (Phi) is 2.59. The summed E-state index contributed by atoms with van der Waals surface area (Å²) in [4.78, 5) is 3.48. The van der Waals surface area contributed by atoms with E-state index < -0.39 is 11.9 Å². The van der Waals surface area contributed by atoms with E-state index in [1.54, 1.807) is 13.8 Å². The van der Waals surface area contributed by atoms with Gasteiger partial charge in [0.15, 0.2) is 5.69 Å². The number of alkyl halides is 3. The summed E-state index contributed by atoms with van der Waals surface area (Å²) in [6.07, 6.45) is -2.53. The van der Waals surface area contributed by atoms with Gasteiger partial charge < -0.3 is 9.73 Å². The van der Waals surface area contributed by atoms with E-state index in [1.165, 1.54) is 0 Å². The minimum atomic E-state index is -4.45. The molecule has 0 saturated heterocycles. The largest absolute Gasteiger partial charge is 0.436 e. The number of hydrogen-bond donors (Lipinski definition) is 1. The third-order valence-electron chi connectivity index (χ3n) is 2.35. The van der Waals surface area contributed by atoms with Crippen molar-refractivity contribution >= 4 is 6.01 Å². The Labute approximate surface area is 91.0 Å². The molecule has 0 aliphatic heterocycles. The van der Waals surface area contributed by atoms with E-state index in [4.69, 9.17) is 4.42 Å². The van der Waals surface area contributed by atoms with Crippen LogP contribution in [0.3, 0.4) is 0 Å². The molecule has 90 valence electrons. The third-order valence-corrected chi connectivity index (χ3v) is 2.35. The molecule has 0 atom stereocenters. The van der Waals surface area contributed by atoms with Gasteiger partial charge in [-0.1, -0.05) is 13.8 Å². The van der Waals surface area contributed by atoms with Gasteiger partial charge in [-0.05, 0) is 12.8 Å². The first-order valence-electron chi connectivity index (χ1n) is 5.22. The average molecular weight is 234 g/mol. The molecule has 0 amide bonds. The fourth-order valence-corrected chi connectivity index (χ4v) is 1.39. The van der Waals surface area contributed by atoms with Crippen molar-refractivity contribution in [3.63, 3.8) is 0 Å². The van der Waals surface area contributed by atoms with Crippen LogP contribution in [-0.2, 0) is 6.18 Å². The summed E-state index contributed by atoms with van der Waals surface area (Å²) < 4.78 is 43.0. The smallest absolute Gasteiger partial charge is 0.428 e. The first-order valence-corrected chi connectivity index (χ1v) is 5.22. The standard InChI is InChI=1S/C10H13F3N2O/c1-5(2)7-8(10(11,12)13)15-9(16-7)14-6-3-4-6/h5-6H,3-4H2,1-2H3,(H,14,15). The van der Waals surface area contributed by atoms with Crippen molar-refractivity contribution in [3.8, 4) is 0 Å². The second-order valence-electron chi connectivity index (χ2n) is 4.30. The van der Waals surface area contributed by atoms with Crippen LogP contribution in [0.4, 0.5) is 19.2 Å². The fourth-order valence-electron chi connectivity index (χ4n) is 1.39. The fraction of sp³-hybridized carbons (Fsp3) is 0.700. The topological polar surface area (TPSA) is 38.1 Å². The monoisotopic (exact) mass is 234 g/mol. The van der Waals surface area contributed by atoms with E-state index in [0.29, 0.717) is 0 Å². The van der Waals surface area contributed by atoms with Crippen molar-refractivity contribution in [2.75, 3.05) is 5.32 Å². The van der Waals surface area contributed by atoms with Crippen LogP contribution in [0, 0.1) is 0 Å². The summed E-state index contributed by atoms with van der Waals surface area (Å²) in [5.41, 5.74) is -0.911. The summed E-state index contributed by atoms with van der Waals surface area (Å²) in [5, 5.41) is 2.83. The summed E-state index contributed by atoms with van der Waals surface area (Å²) in [6.45, 7) is 3.30. The van der Waals surface area contributed by atoms with Gasteiger partial charge in [0, 0.05) is 12.0 Å². The van der Waals surface area contributed by atoms with Gasteiger partial charge in [-0.3, -0.25) is 0 Å². The van der Waals surface area contributed by atoms with Gasteiger partial charge in [0.05, 0.1) is 0 Å². The molecule has 0 radical (unpaired) electrons. The molecule has 3 nitrogen and oxygen atoms in total. The molecule has 1 aromatic heterocycles. The van der Waals surface area contributed by atoms with Gasteiger partial charge in [0.1, 0.15) is 5.76 Å². The number of nitrogens with zero attached hydrogens (tertiary/aromatic N) is 1. The highest BCUT2D eigenvalue weighted by Crippen LogP contribution is 2.37. The zero-order chi connectivity index (χ0) is 11.9. The molecule has 1 aromatic rings. The third kappa shape index (κ3) is 2.31. The second-order valence-corrected chi connectivity index (χ2v) is 4.30. The van der Waals surface area contributed by atoms with E-state index >= 15 is 0 Å². The lowest BCUT2D eigenvalue weighted by Gasteiger charge is -2.05. The van der Waals surface area contributed by atoms with Crippen molar-refractivity contribution in [3.05, 3.63) is 11.5 Å². The van der Waals surface area contributed by atoms with E-state index in [1.807, 2.05) is 0 Å². The molecule has 1 N–H and O–H groups in total. The van der Waals surface area contributed by atoms with E-state index in [9.17, 15) is 13.2 Å². The Bertz CT molecular complexity index is 380. The summed E-state index contributed by atoms with van der Waals surface area (Å²) in [6, 6.07) is 0.207. The van der Waals surface area contributed by atoms with E-state index in [-0.39, 0.29) is 23.7 Å². The highest BCUT2D eigenvalue weighted by Gasteiger charge is 2.40. The van der Waals surface area contributed by atoms with Gasteiger partial charge in [0.2, 0.25) is 0 Å². The summed E-state index contributed by atoms with van der Waals surface area (Å²) in [5.74, 6) is -0.436. The van der Waals surface area contributed by atoms with Crippen LogP contribution in [0.2, 0.25) is 0 Å². The lowest BCUT2D eigenvalue weighted by Crippen LogP contribution is -2.10. The number of aromatic nitrogens is 1. The van der Waals surface area contributed by atoms with Gasteiger partial charge in [-0.15, -0.1) is 0 Å². The Morgan fingerprint density at radius 1 is 1.38 bits per heavy atom. The number of hydrogen-bond acceptors (Lipinski definition) is 3. The van der Waals surface area contributed by atoms with Crippen LogP contribution in [0.25, 0.3) is 0 Å². The van der Waals surface area contributed by atoms with E-state index in [0.717, 1.165) is 12.8 Å². The molecule has 2 rings (SSSR count). The molecule has 0 unspecified atom stereocenters. The molecular weight excluding hydrogens is 221 g/mol. The summed E-state index contributed by atoms with van der Waals surface area (Å²) in [7, 11) is 0. The molecule has 0 bridgehead atoms. The maximum atomic E-state index is 12.6. The molecule has 1 aliphatic carbocycles. The number of rotatable bonds is 3. The quantitative estimate of drug-likeness (QED) is 0.871. The van der Waals surface area contributed by atoms with Crippen LogP contribution < -0.4 is 5.32 Å². The second kappa shape index (κ2) is 3.68. The van der Waals surface area contributed by atoms with Crippen molar-refractivity contribution in [1.82, 2.24) is 4.98 Å². The minimum absolute atomic E-state index is 0.0153. The lowest BCUT2D eigenvalue weighted by atomic mass is 10.1. The van der Waals surface area contributed by atoms with Crippen LogP contribution in [-0.4, -0.2) is 11.0 Å². The Hall–Kier alpha value is -1.20. The lowest BCUT2D eigenvalue weighted by molar-refractivity contribution is -0.142. The number of oxazole rings is 1. The minimum Gasteiger partial charge on any atom is -0.428 e. The Morgan fingerprint density at radius 2 is 2.00 bits per heavy atom. The van der Waals surface area contributed by atoms with Crippen molar-refractivity contribution in [1.29, 1.82) is 0 Å². The van der Waals surface area contributed by atoms with Crippen LogP contribution in [0.15, 0.2) is 4.42 Å². The highest BCUT2D eigenvalue weighted by atomic mass is 19.4. The number of nitrogens with one attached hydrogen (secondary N) is 1. The average Bonchev–Trinajstić information content (AvgIpc) is 2.79. The molecule has 0 spiro atoms. The molecule has 1 saturated carbocycles. The zero-order valence-electron chi connectivity index (χ0n) is 9.06. The molecule has 1 heterocycles. The zero-order valence-corrected chi connectivity index (χ0v) is 9.06. The molecule has 0 aromatic carbocycles. The van der Waals surface area contributed by atoms with E-state index in [2.05, 4.69) is 10.3 Å². The van der Waals surface area contributed by atoms with Gasteiger partial charge >= 0.3 is 6.18 Å². The first-order chi connectivity index (χ1) is 7.38. The van der Waals surface area contributed by atoms with Crippen LogP contribution in [0.1, 0.15) is 44.1 Å². The highest BCUT2D eigenvalue weighted by molar-refractivity contribution is 5.31. The van der Waals surface area contributed by atoms with Crippen LogP contribution >= 0.6 is 0 Å². The maximum absolute atomic E-state index is 12.6. The number of anilines is 1. The predicted molar refractivity (Wildman–Crippen MR) is 52.2 cm³/mol. The van der Waals surface area contributed by atoms with Gasteiger partial charge in [-0.2, -0.15) is 18.2 Å². The first kappa shape index (κ1) is 11.3. The normalized spacial score (nSPS) is 16.9. The maximum Gasteiger partial charge on any atom is 0.436 e. The van der Waals surface area contributed by atoms with Crippen molar-refractivity contribution < 1.29 is 17.6 Å². The Morgan fingerprint density at radius 3 is 2.38 bits per heavy atom. The summed E-state index contributed by atoms with van der Waals surface area (Å²) >= 11 is 0. The molecule has 1 aliphatic rings. The SMILES string of the molecule is CC(C)c1oc(NC2CC2)nc1C(F)(F)F. The number of halogens is 3. The predicted octanol–water partition coefficient (Wildman–Crippen LogP) is 3.39. The van der Waals surface area contributed by atoms with Crippen molar-refractivity contribution in [2.24, 2.45) is 0 Å². The molecular formula is C10H13F3N2O. The van der Waals surface area contributed by atoms with Gasteiger partial charge in [0.25, 0.3) is 6.01 Å². The van der Waals surface area contributed by atoms with Crippen molar-refractivity contribution in [2.45, 2.75) is 44.8 Å². The molecule has 16 heavy (non-hydrogen) atoms. The van der Waals surface area contributed by atoms with Gasteiger partial charge in [-0.25, -0.2) is 0 Å². The molecule has 6 heteroatoms. The molecule has 1 fully saturated rings. The Balaban J connectivity index is 2.29.